The maximum atomic E-state index is 13.7. The number of rotatable bonds is 6. The van der Waals surface area contributed by atoms with Crippen LogP contribution < -0.4 is 15.5 Å². The lowest BCUT2D eigenvalue weighted by atomic mass is 9.92. The van der Waals surface area contributed by atoms with Gasteiger partial charge in [0.15, 0.2) is 5.78 Å². The van der Waals surface area contributed by atoms with Crippen molar-refractivity contribution in [3.8, 4) is 11.1 Å². The van der Waals surface area contributed by atoms with E-state index in [1.165, 1.54) is 0 Å². The number of nitrogens with zero attached hydrogens (tertiary/aromatic N) is 3. The molecule has 5 rings (SSSR count). The lowest BCUT2D eigenvalue weighted by Crippen LogP contribution is -2.54. The smallest absolute Gasteiger partial charge is 0.252 e. The predicted octanol–water partition coefficient (Wildman–Crippen LogP) is 5.74. The fraction of sp³-hybridized carbons (Fsp3) is 0.424. The molecule has 1 amide bonds. The molecule has 0 spiro atoms. The number of carbonyl (C=O) groups excluding carboxylic acids is 2. The number of fused-ring (bicyclic) bond motifs is 1. The standard InChI is InChI=1S/C33H41N5O2/c1-19(2)38-16-22(5)32-27(33(40)35-15-28-21(4)10-20(3)11-30(28)39)12-26(13-29(32)38)25-8-9-31(34-14-25)37-17-23(6)36-24(7)18-37/h8-10,12-14,16,19,23-24,36H,11,15,17-18H2,1-7H3,(H,35,40)/t23-,24+. The number of benzene rings is 1. The highest BCUT2D eigenvalue weighted by molar-refractivity contribution is 6.10. The first-order valence-electron chi connectivity index (χ1n) is 14.3. The summed E-state index contributed by atoms with van der Waals surface area (Å²) in [6, 6.07) is 9.36. The Hall–Kier alpha value is -3.71. The highest BCUT2D eigenvalue weighted by Gasteiger charge is 2.24. The van der Waals surface area contributed by atoms with E-state index in [9.17, 15) is 9.59 Å². The number of allylic oxidation sites excluding steroid dienone is 3. The van der Waals surface area contributed by atoms with Gasteiger partial charge in [-0.15, -0.1) is 0 Å². The highest BCUT2D eigenvalue weighted by Crippen LogP contribution is 2.33. The van der Waals surface area contributed by atoms with Gasteiger partial charge in [-0.1, -0.05) is 11.6 Å². The van der Waals surface area contributed by atoms with E-state index >= 15 is 0 Å². The number of nitrogens with one attached hydrogen (secondary N) is 2. The fourth-order valence-corrected chi connectivity index (χ4v) is 6.21. The normalized spacial score (nSPS) is 19.9. The summed E-state index contributed by atoms with van der Waals surface area (Å²) in [6.07, 6.45) is 6.48. The second-order valence-corrected chi connectivity index (χ2v) is 11.9. The fourth-order valence-electron chi connectivity index (χ4n) is 6.21. The third-order valence-electron chi connectivity index (χ3n) is 8.03. The van der Waals surface area contributed by atoms with Crippen molar-refractivity contribution in [1.82, 2.24) is 20.2 Å². The molecule has 3 aromatic rings. The summed E-state index contributed by atoms with van der Waals surface area (Å²) in [5.41, 5.74) is 7.26. The molecule has 1 saturated heterocycles. The molecule has 2 aliphatic rings. The number of carbonyl (C=O) groups is 2. The molecule has 1 aliphatic heterocycles. The molecule has 0 saturated carbocycles. The van der Waals surface area contributed by atoms with E-state index in [1.807, 2.05) is 39.1 Å². The molecule has 2 atom stereocenters. The van der Waals surface area contributed by atoms with E-state index in [4.69, 9.17) is 4.98 Å². The number of aromatic nitrogens is 2. The van der Waals surface area contributed by atoms with Gasteiger partial charge in [0.2, 0.25) is 0 Å². The number of pyridine rings is 1. The molecule has 2 aromatic heterocycles. The summed E-state index contributed by atoms with van der Waals surface area (Å²) >= 11 is 0. The summed E-state index contributed by atoms with van der Waals surface area (Å²) in [7, 11) is 0. The first-order chi connectivity index (χ1) is 19.0. The summed E-state index contributed by atoms with van der Waals surface area (Å²) in [5, 5.41) is 7.57. The van der Waals surface area contributed by atoms with Crippen LogP contribution in [0.15, 0.2) is 59.5 Å². The summed E-state index contributed by atoms with van der Waals surface area (Å²) in [5.74, 6) is 0.872. The van der Waals surface area contributed by atoms with Crippen LogP contribution in [0.3, 0.4) is 0 Å². The molecule has 0 radical (unpaired) electrons. The van der Waals surface area contributed by atoms with Crippen LogP contribution in [0.2, 0.25) is 0 Å². The molecule has 3 heterocycles. The van der Waals surface area contributed by atoms with Gasteiger partial charge in [-0.25, -0.2) is 4.98 Å². The Morgan fingerprint density at radius 3 is 2.45 bits per heavy atom. The maximum absolute atomic E-state index is 13.7. The van der Waals surface area contributed by atoms with Gasteiger partial charge in [0.05, 0.1) is 0 Å². The van der Waals surface area contributed by atoms with E-state index in [0.717, 1.165) is 57.6 Å². The number of piperazine rings is 1. The molecule has 2 N–H and O–H groups in total. The van der Waals surface area contributed by atoms with Crippen LogP contribution in [-0.4, -0.2) is 53.0 Å². The zero-order valence-electron chi connectivity index (χ0n) is 24.8. The minimum absolute atomic E-state index is 0.0817. The average molecular weight is 540 g/mol. The zero-order chi connectivity index (χ0) is 28.7. The quantitative estimate of drug-likeness (QED) is 0.417. The van der Waals surface area contributed by atoms with E-state index in [0.29, 0.717) is 29.6 Å². The van der Waals surface area contributed by atoms with Crippen LogP contribution in [0.4, 0.5) is 5.82 Å². The number of Topliss-reactive ketones (excluding diaryl/α,β-unsaturated/α-hetero) is 1. The summed E-state index contributed by atoms with van der Waals surface area (Å²) in [4.78, 5) is 33.5. The van der Waals surface area contributed by atoms with Gasteiger partial charge in [0.25, 0.3) is 5.91 Å². The van der Waals surface area contributed by atoms with Crippen molar-refractivity contribution >= 4 is 28.4 Å². The molecular weight excluding hydrogens is 498 g/mol. The number of aryl methyl sites for hydroxylation is 1. The largest absolute Gasteiger partial charge is 0.354 e. The van der Waals surface area contributed by atoms with Crippen LogP contribution >= 0.6 is 0 Å². The van der Waals surface area contributed by atoms with Crippen LogP contribution in [0, 0.1) is 6.92 Å². The molecule has 1 aliphatic carbocycles. The molecule has 0 unspecified atom stereocenters. The number of amides is 1. The zero-order valence-corrected chi connectivity index (χ0v) is 24.8. The molecule has 0 bridgehead atoms. The summed E-state index contributed by atoms with van der Waals surface area (Å²) in [6.45, 7) is 16.7. The van der Waals surface area contributed by atoms with Gasteiger partial charge < -0.3 is 20.1 Å². The van der Waals surface area contributed by atoms with Crippen molar-refractivity contribution in [2.75, 3.05) is 24.5 Å². The van der Waals surface area contributed by atoms with Crippen LogP contribution in [0.25, 0.3) is 22.0 Å². The van der Waals surface area contributed by atoms with E-state index in [2.05, 4.69) is 72.2 Å². The number of hydrogen-bond donors (Lipinski definition) is 2. The van der Waals surface area contributed by atoms with Crippen molar-refractivity contribution < 1.29 is 9.59 Å². The van der Waals surface area contributed by atoms with Gasteiger partial charge in [0.1, 0.15) is 5.82 Å². The van der Waals surface area contributed by atoms with Gasteiger partial charge >= 0.3 is 0 Å². The van der Waals surface area contributed by atoms with Crippen LogP contribution in [0.5, 0.6) is 0 Å². The molecule has 1 aromatic carbocycles. The second-order valence-electron chi connectivity index (χ2n) is 11.9. The van der Waals surface area contributed by atoms with E-state index in [-0.39, 0.29) is 24.3 Å². The SMILES string of the molecule is CC1=CC(C)=C(CNC(=O)c2cc(-c3ccc(N4C[C@@H](C)N[C@@H](C)C4)nc3)cc3c2c(C)cn3C(C)C)C(=O)C1. The Balaban J connectivity index is 1.50. The molecule has 7 nitrogen and oxygen atoms in total. The van der Waals surface area contributed by atoms with Gasteiger partial charge in [-0.2, -0.15) is 0 Å². The van der Waals surface area contributed by atoms with Crippen LogP contribution in [0.1, 0.15) is 69.9 Å². The monoisotopic (exact) mass is 539 g/mol. The number of anilines is 1. The van der Waals surface area contributed by atoms with E-state index in [1.54, 1.807) is 0 Å². The van der Waals surface area contributed by atoms with Crippen molar-refractivity contribution in [3.63, 3.8) is 0 Å². The average Bonchev–Trinajstić information content (AvgIpc) is 3.23. The Kier molecular flexibility index (Phi) is 7.69. The Morgan fingerprint density at radius 2 is 1.82 bits per heavy atom. The van der Waals surface area contributed by atoms with Crippen molar-refractivity contribution in [2.45, 2.75) is 73.0 Å². The van der Waals surface area contributed by atoms with Gasteiger partial charge in [-0.05, 0) is 89.4 Å². The Bertz CT molecular complexity index is 1520. The molecule has 40 heavy (non-hydrogen) atoms. The first-order valence-corrected chi connectivity index (χ1v) is 14.3. The van der Waals surface area contributed by atoms with Crippen molar-refractivity contribution in [1.29, 1.82) is 0 Å². The van der Waals surface area contributed by atoms with Crippen molar-refractivity contribution in [3.05, 3.63) is 70.6 Å². The minimum Gasteiger partial charge on any atom is -0.354 e. The lowest BCUT2D eigenvalue weighted by Gasteiger charge is -2.36. The van der Waals surface area contributed by atoms with Crippen molar-refractivity contribution in [2.24, 2.45) is 0 Å². The third-order valence-corrected chi connectivity index (χ3v) is 8.03. The molecule has 1 fully saturated rings. The second kappa shape index (κ2) is 11.0. The predicted molar refractivity (Wildman–Crippen MR) is 163 cm³/mol. The van der Waals surface area contributed by atoms with Gasteiger partial charge in [-0.3, -0.25) is 9.59 Å². The third kappa shape index (κ3) is 5.48. The molecular formula is C33H41N5O2. The topological polar surface area (TPSA) is 79.3 Å². The van der Waals surface area contributed by atoms with E-state index < -0.39 is 0 Å². The number of hydrogen-bond acceptors (Lipinski definition) is 5. The minimum atomic E-state index is -0.177. The molecule has 7 heteroatoms. The maximum Gasteiger partial charge on any atom is 0.252 e. The van der Waals surface area contributed by atoms with Crippen LogP contribution in [-0.2, 0) is 4.79 Å². The highest BCUT2D eigenvalue weighted by atomic mass is 16.2. The summed E-state index contributed by atoms with van der Waals surface area (Å²) < 4.78 is 2.22. The van der Waals surface area contributed by atoms with Gasteiger partial charge in [0, 0.05) is 84.2 Å². The Morgan fingerprint density at radius 1 is 1.10 bits per heavy atom. The molecule has 210 valence electrons. The first kappa shape index (κ1) is 27.8. The lowest BCUT2D eigenvalue weighted by molar-refractivity contribution is -0.115. The Labute approximate surface area is 237 Å². The number of ketones is 1.